The molecule has 20 heavy (non-hydrogen) atoms. The highest BCUT2D eigenvalue weighted by Crippen LogP contribution is 2.28. The predicted molar refractivity (Wildman–Crippen MR) is 76.1 cm³/mol. The van der Waals surface area contributed by atoms with Gasteiger partial charge in [-0.2, -0.15) is 5.26 Å². The highest BCUT2D eigenvalue weighted by atomic mass is 16.3. The standard InChI is InChI=1S/C15H19N3O2/c1-11(18(8-9-19)14-6-7-14)15(20)17-13-4-2-12(10-16)3-5-13/h2-5,11,14,19H,6-9H2,1H3,(H,17,20). The minimum Gasteiger partial charge on any atom is -0.395 e. The van der Waals surface area contributed by atoms with Gasteiger partial charge in [-0.05, 0) is 44.0 Å². The van der Waals surface area contributed by atoms with Crippen LogP contribution in [0.3, 0.4) is 0 Å². The summed E-state index contributed by atoms with van der Waals surface area (Å²) in [6.45, 7) is 2.44. The number of carbonyl (C=O) groups excluding carboxylic acids is 1. The maximum Gasteiger partial charge on any atom is 0.241 e. The minimum atomic E-state index is -0.273. The molecule has 0 aromatic heterocycles. The van der Waals surface area contributed by atoms with Crippen LogP contribution in [0.4, 0.5) is 5.69 Å². The van der Waals surface area contributed by atoms with Crippen LogP contribution in [0.5, 0.6) is 0 Å². The lowest BCUT2D eigenvalue weighted by Crippen LogP contribution is -2.44. The van der Waals surface area contributed by atoms with Crippen molar-refractivity contribution in [3.63, 3.8) is 0 Å². The Morgan fingerprint density at radius 1 is 1.50 bits per heavy atom. The number of hydrogen-bond donors (Lipinski definition) is 2. The molecule has 1 unspecified atom stereocenters. The van der Waals surface area contributed by atoms with Crippen LogP contribution in [0.25, 0.3) is 0 Å². The molecule has 0 aliphatic heterocycles. The third-order valence-electron chi connectivity index (χ3n) is 3.53. The van der Waals surface area contributed by atoms with E-state index in [9.17, 15) is 4.79 Å². The van der Waals surface area contributed by atoms with Gasteiger partial charge in [0.25, 0.3) is 0 Å². The molecule has 1 aliphatic rings. The minimum absolute atomic E-state index is 0.0605. The summed E-state index contributed by atoms with van der Waals surface area (Å²) in [5, 5.41) is 20.7. The zero-order chi connectivity index (χ0) is 14.5. The predicted octanol–water partition coefficient (Wildman–Crippen LogP) is 1.34. The molecule has 1 aliphatic carbocycles. The summed E-state index contributed by atoms with van der Waals surface area (Å²) in [7, 11) is 0. The summed E-state index contributed by atoms with van der Waals surface area (Å²) in [6.07, 6.45) is 2.18. The normalized spacial score (nSPS) is 15.7. The fraction of sp³-hybridized carbons (Fsp3) is 0.467. The van der Waals surface area contributed by atoms with Gasteiger partial charge in [-0.1, -0.05) is 0 Å². The number of hydrogen-bond acceptors (Lipinski definition) is 4. The number of rotatable bonds is 6. The van der Waals surface area contributed by atoms with Crippen LogP contribution in [0, 0.1) is 11.3 Å². The molecule has 5 heteroatoms. The lowest BCUT2D eigenvalue weighted by molar-refractivity contribution is -0.121. The lowest BCUT2D eigenvalue weighted by atomic mass is 10.2. The largest absolute Gasteiger partial charge is 0.395 e. The average Bonchev–Trinajstić information content (AvgIpc) is 3.29. The van der Waals surface area contributed by atoms with E-state index in [4.69, 9.17) is 10.4 Å². The molecule has 0 spiro atoms. The summed E-state index contributed by atoms with van der Waals surface area (Å²) in [4.78, 5) is 14.3. The van der Waals surface area contributed by atoms with Crippen molar-refractivity contribution in [2.24, 2.45) is 0 Å². The fourth-order valence-corrected chi connectivity index (χ4v) is 2.24. The number of nitrogens with zero attached hydrogens (tertiary/aromatic N) is 2. The van der Waals surface area contributed by atoms with Crippen LogP contribution < -0.4 is 5.32 Å². The van der Waals surface area contributed by atoms with Gasteiger partial charge in [-0.15, -0.1) is 0 Å². The van der Waals surface area contributed by atoms with Gasteiger partial charge in [-0.25, -0.2) is 0 Å². The van der Waals surface area contributed by atoms with Crippen LogP contribution in [0.2, 0.25) is 0 Å². The quantitative estimate of drug-likeness (QED) is 0.820. The first-order valence-electron chi connectivity index (χ1n) is 6.83. The fourth-order valence-electron chi connectivity index (χ4n) is 2.24. The van der Waals surface area contributed by atoms with E-state index in [1.54, 1.807) is 24.3 Å². The number of carbonyl (C=O) groups is 1. The van der Waals surface area contributed by atoms with E-state index >= 15 is 0 Å². The van der Waals surface area contributed by atoms with Gasteiger partial charge in [-0.3, -0.25) is 9.69 Å². The average molecular weight is 273 g/mol. The van der Waals surface area contributed by atoms with E-state index in [0.717, 1.165) is 12.8 Å². The number of aliphatic hydroxyl groups excluding tert-OH is 1. The molecule has 1 atom stereocenters. The molecule has 0 bridgehead atoms. The lowest BCUT2D eigenvalue weighted by Gasteiger charge is -2.27. The number of nitriles is 1. The molecule has 1 fully saturated rings. The second-order valence-corrected chi connectivity index (χ2v) is 5.05. The van der Waals surface area contributed by atoms with Gasteiger partial charge in [0.15, 0.2) is 0 Å². The second kappa shape index (κ2) is 6.51. The Morgan fingerprint density at radius 2 is 2.15 bits per heavy atom. The van der Waals surface area contributed by atoms with E-state index in [1.165, 1.54) is 0 Å². The highest BCUT2D eigenvalue weighted by molar-refractivity contribution is 5.94. The van der Waals surface area contributed by atoms with E-state index in [2.05, 4.69) is 5.32 Å². The van der Waals surface area contributed by atoms with Gasteiger partial charge in [0, 0.05) is 18.3 Å². The summed E-state index contributed by atoms with van der Waals surface area (Å²) < 4.78 is 0. The van der Waals surface area contributed by atoms with E-state index in [-0.39, 0.29) is 18.6 Å². The molecule has 106 valence electrons. The molecule has 5 nitrogen and oxygen atoms in total. The Morgan fingerprint density at radius 3 is 2.65 bits per heavy atom. The number of amides is 1. The smallest absolute Gasteiger partial charge is 0.241 e. The molecule has 2 N–H and O–H groups in total. The summed E-state index contributed by atoms with van der Waals surface area (Å²) in [6, 6.07) is 8.97. The van der Waals surface area contributed by atoms with E-state index < -0.39 is 0 Å². The monoisotopic (exact) mass is 273 g/mol. The first-order valence-corrected chi connectivity index (χ1v) is 6.83. The Kier molecular flexibility index (Phi) is 4.72. The molecule has 0 radical (unpaired) electrons. The van der Waals surface area contributed by atoms with Crippen molar-refractivity contribution in [3.8, 4) is 6.07 Å². The van der Waals surface area contributed by atoms with Crippen molar-refractivity contribution >= 4 is 11.6 Å². The van der Waals surface area contributed by atoms with Crippen molar-refractivity contribution in [1.82, 2.24) is 4.90 Å². The first kappa shape index (κ1) is 14.5. The molecule has 1 aromatic rings. The van der Waals surface area contributed by atoms with Crippen molar-refractivity contribution in [2.45, 2.75) is 31.8 Å². The molecule has 1 amide bonds. The maximum absolute atomic E-state index is 12.2. The van der Waals surface area contributed by atoms with E-state index in [1.807, 2.05) is 17.9 Å². The second-order valence-electron chi connectivity index (χ2n) is 5.05. The molecular weight excluding hydrogens is 254 g/mol. The third-order valence-corrected chi connectivity index (χ3v) is 3.53. The van der Waals surface area contributed by atoms with Gasteiger partial charge in [0.2, 0.25) is 5.91 Å². The van der Waals surface area contributed by atoms with Crippen LogP contribution >= 0.6 is 0 Å². The Labute approximate surface area is 118 Å². The molecule has 0 heterocycles. The van der Waals surface area contributed by atoms with Gasteiger partial charge in [0.1, 0.15) is 0 Å². The highest BCUT2D eigenvalue weighted by Gasteiger charge is 2.34. The van der Waals surface area contributed by atoms with Crippen LogP contribution in [-0.2, 0) is 4.79 Å². The van der Waals surface area contributed by atoms with Crippen molar-refractivity contribution < 1.29 is 9.90 Å². The molecular formula is C15H19N3O2. The molecule has 1 aromatic carbocycles. The number of nitrogens with one attached hydrogen (secondary N) is 1. The molecule has 1 saturated carbocycles. The number of anilines is 1. The van der Waals surface area contributed by atoms with Crippen molar-refractivity contribution in [1.29, 1.82) is 5.26 Å². The summed E-state index contributed by atoms with van der Waals surface area (Å²) >= 11 is 0. The SMILES string of the molecule is CC(C(=O)Nc1ccc(C#N)cc1)N(CCO)C1CC1. The van der Waals surface area contributed by atoms with Gasteiger partial charge < -0.3 is 10.4 Å². The Bertz CT molecular complexity index is 503. The topological polar surface area (TPSA) is 76.4 Å². The zero-order valence-electron chi connectivity index (χ0n) is 11.5. The van der Waals surface area contributed by atoms with Crippen LogP contribution in [-0.4, -0.2) is 41.1 Å². The van der Waals surface area contributed by atoms with Gasteiger partial charge >= 0.3 is 0 Å². The van der Waals surface area contributed by atoms with Crippen molar-refractivity contribution in [3.05, 3.63) is 29.8 Å². The summed E-state index contributed by atoms with van der Waals surface area (Å²) in [5.41, 5.74) is 1.25. The number of benzene rings is 1. The zero-order valence-corrected chi connectivity index (χ0v) is 11.5. The third kappa shape index (κ3) is 3.56. The first-order chi connectivity index (χ1) is 9.65. The van der Waals surface area contributed by atoms with Crippen molar-refractivity contribution in [2.75, 3.05) is 18.5 Å². The molecule has 2 rings (SSSR count). The van der Waals surface area contributed by atoms with E-state index in [0.29, 0.717) is 23.8 Å². The van der Waals surface area contributed by atoms with Crippen LogP contribution in [0.1, 0.15) is 25.3 Å². The molecule has 0 saturated heterocycles. The van der Waals surface area contributed by atoms with Crippen LogP contribution in [0.15, 0.2) is 24.3 Å². The Balaban J connectivity index is 1.97. The number of aliphatic hydroxyl groups is 1. The maximum atomic E-state index is 12.2. The summed E-state index contributed by atoms with van der Waals surface area (Å²) in [5.74, 6) is -0.0879. The van der Waals surface area contributed by atoms with Gasteiger partial charge in [0.05, 0.1) is 24.3 Å². The Hall–Kier alpha value is -1.90.